The van der Waals surface area contributed by atoms with Gasteiger partial charge < -0.3 is 5.11 Å². The van der Waals surface area contributed by atoms with E-state index in [1.165, 1.54) is 11.6 Å². The van der Waals surface area contributed by atoms with E-state index in [-0.39, 0.29) is 35.1 Å². The van der Waals surface area contributed by atoms with Crippen molar-refractivity contribution in [3.8, 4) is 16.9 Å². The molecule has 4 rings (SSSR count). The first kappa shape index (κ1) is 32.3. The average Bonchev–Trinajstić information content (AvgIpc) is 3.21. The Kier molecular flexibility index (Phi) is 13.8. The molecule has 0 radical (unpaired) electrons. The minimum atomic E-state index is -0.478. The van der Waals surface area contributed by atoms with Gasteiger partial charge in [0, 0.05) is 18.5 Å². The Bertz CT molecular complexity index is 1180. The van der Waals surface area contributed by atoms with Crippen molar-refractivity contribution in [3.05, 3.63) is 89.0 Å². The van der Waals surface area contributed by atoms with Crippen molar-refractivity contribution < 1.29 is 19.5 Å². The number of carbonyl (C=O) groups excluding carboxylic acids is 3. The van der Waals surface area contributed by atoms with Crippen LogP contribution in [0.3, 0.4) is 0 Å². The number of carbonyl (C=O) groups is 3. The maximum absolute atomic E-state index is 12.7. The second-order valence-corrected chi connectivity index (χ2v) is 8.43. The highest BCUT2D eigenvalue weighted by Crippen LogP contribution is 2.30. The van der Waals surface area contributed by atoms with E-state index in [1.54, 1.807) is 12.1 Å². The van der Waals surface area contributed by atoms with Gasteiger partial charge >= 0.3 is 0 Å². The highest BCUT2D eigenvalue weighted by Gasteiger charge is 2.37. The Hall–Kier alpha value is -3.73. The molecule has 1 heterocycles. The van der Waals surface area contributed by atoms with Gasteiger partial charge in [-0.2, -0.15) is 0 Å². The van der Waals surface area contributed by atoms with Gasteiger partial charge in [-0.25, -0.2) is 0 Å². The molecule has 0 bridgehead atoms. The summed E-state index contributed by atoms with van der Waals surface area (Å²) in [5.41, 5.74) is 4.31. The minimum Gasteiger partial charge on any atom is -0.507 e. The number of hydrogen-bond donors (Lipinski definition) is 1. The standard InChI is InChI=1S/C27H25NO4.3C2H6/c1-17-6-8-19(9-7-17)20-10-12-21(13-11-20)24(30)16-18(2)14-15-28-26(31)22-4-3-5-23(29)25(22)27(28)32;3*1-2/h3-13,18,29H,14-16H2,1-2H3;3*1-2H3. The van der Waals surface area contributed by atoms with Crippen LogP contribution in [0.1, 0.15) is 97.9 Å². The van der Waals surface area contributed by atoms with Crippen molar-refractivity contribution in [2.45, 2.75) is 68.2 Å². The smallest absolute Gasteiger partial charge is 0.265 e. The van der Waals surface area contributed by atoms with Gasteiger partial charge in [0.2, 0.25) is 0 Å². The number of phenols is 1. The second-order valence-electron chi connectivity index (χ2n) is 8.43. The first-order chi connectivity index (χ1) is 18.3. The van der Waals surface area contributed by atoms with Crippen molar-refractivity contribution in [1.29, 1.82) is 0 Å². The molecule has 0 aliphatic carbocycles. The lowest BCUT2D eigenvalue weighted by Crippen LogP contribution is -2.31. The van der Waals surface area contributed by atoms with E-state index in [1.807, 2.05) is 79.7 Å². The van der Waals surface area contributed by atoms with Gasteiger partial charge in [-0.15, -0.1) is 0 Å². The number of fused-ring (bicyclic) bond motifs is 1. The molecule has 5 heteroatoms. The fourth-order valence-electron chi connectivity index (χ4n) is 4.00. The normalized spacial score (nSPS) is 12.2. The summed E-state index contributed by atoms with van der Waals surface area (Å²) in [6.45, 7) is 16.2. The van der Waals surface area contributed by atoms with E-state index in [0.717, 1.165) is 16.0 Å². The van der Waals surface area contributed by atoms with Crippen molar-refractivity contribution >= 4 is 17.6 Å². The lowest BCUT2D eigenvalue weighted by atomic mass is 9.95. The molecule has 3 aromatic carbocycles. The van der Waals surface area contributed by atoms with E-state index in [2.05, 4.69) is 24.3 Å². The van der Waals surface area contributed by atoms with Crippen molar-refractivity contribution in [3.63, 3.8) is 0 Å². The molecule has 3 aromatic rings. The molecule has 1 unspecified atom stereocenters. The summed E-state index contributed by atoms with van der Waals surface area (Å²) >= 11 is 0. The van der Waals surface area contributed by atoms with E-state index >= 15 is 0 Å². The number of nitrogens with zero attached hydrogens (tertiary/aromatic N) is 1. The molecule has 0 spiro atoms. The van der Waals surface area contributed by atoms with Crippen LogP contribution in [0, 0.1) is 12.8 Å². The summed E-state index contributed by atoms with van der Waals surface area (Å²) in [4.78, 5) is 38.9. The molecule has 0 saturated carbocycles. The SMILES string of the molecule is CC.CC.CC.Cc1ccc(-c2ccc(C(=O)CC(C)CCN3C(=O)c4cccc(O)c4C3=O)cc2)cc1. The summed E-state index contributed by atoms with van der Waals surface area (Å²) in [6, 6.07) is 20.3. The van der Waals surface area contributed by atoms with Crippen LogP contribution >= 0.6 is 0 Å². The molecule has 1 aliphatic heterocycles. The van der Waals surface area contributed by atoms with Crippen LogP contribution in [-0.2, 0) is 0 Å². The molecule has 1 aliphatic rings. The number of amides is 2. The molecule has 38 heavy (non-hydrogen) atoms. The molecule has 2 amide bonds. The number of aromatic hydroxyl groups is 1. The van der Waals surface area contributed by atoms with Crippen molar-refractivity contribution in [2.75, 3.05) is 6.54 Å². The number of hydrogen-bond acceptors (Lipinski definition) is 4. The van der Waals surface area contributed by atoms with Crippen LogP contribution in [0.2, 0.25) is 0 Å². The maximum Gasteiger partial charge on any atom is 0.265 e. The number of Topliss-reactive ketones (excluding diaryl/α,β-unsaturated/α-hetero) is 1. The molecule has 1 atom stereocenters. The highest BCUT2D eigenvalue weighted by atomic mass is 16.3. The number of rotatable bonds is 7. The van der Waals surface area contributed by atoms with Gasteiger partial charge in [-0.05, 0) is 42.5 Å². The van der Waals surface area contributed by atoms with Crippen LogP contribution in [0.4, 0.5) is 0 Å². The average molecular weight is 518 g/mol. The van der Waals surface area contributed by atoms with Crippen LogP contribution in [0.5, 0.6) is 5.75 Å². The van der Waals surface area contributed by atoms with E-state index in [0.29, 0.717) is 18.4 Å². The van der Waals surface area contributed by atoms with Crippen LogP contribution in [0.25, 0.3) is 11.1 Å². The van der Waals surface area contributed by atoms with E-state index in [4.69, 9.17) is 0 Å². The largest absolute Gasteiger partial charge is 0.507 e. The third-order valence-electron chi connectivity index (χ3n) is 5.95. The molecular weight excluding hydrogens is 474 g/mol. The Morgan fingerprint density at radius 1 is 0.789 bits per heavy atom. The Labute approximate surface area is 228 Å². The third kappa shape index (κ3) is 7.88. The van der Waals surface area contributed by atoms with Gasteiger partial charge in [0.25, 0.3) is 11.8 Å². The van der Waals surface area contributed by atoms with E-state index < -0.39 is 11.8 Å². The minimum absolute atomic E-state index is 0.00261. The van der Waals surface area contributed by atoms with Gasteiger partial charge in [0.05, 0.1) is 11.1 Å². The lowest BCUT2D eigenvalue weighted by molar-refractivity contribution is 0.0646. The zero-order valence-electron chi connectivity index (χ0n) is 24.2. The van der Waals surface area contributed by atoms with Crippen molar-refractivity contribution in [2.24, 2.45) is 5.92 Å². The van der Waals surface area contributed by atoms with Gasteiger partial charge in [-0.1, -0.05) is 109 Å². The Morgan fingerprint density at radius 3 is 1.84 bits per heavy atom. The molecule has 0 aromatic heterocycles. The predicted octanol–water partition coefficient (Wildman–Crippen LogP) is 8.34. The number of ketones is 1. The number of aryl methyl sites for hydroxylation is 1. The summed E-state index contributed by atoms with van der Waals surface area (Å²) in [6.07, 6.45) is 0.845. The quantitative estimate of drug-likeness (QED) is 0.252. The zero-order chi connectivity index (χ0) is 28.8. The summed E-state index contributed by atoms with van der Waals surface area (Å²) in [7, 11) is 0. The number of phenolic OH excluding ortho intramolecular Hbond substituents is 1. The number of imide groups is 1. The Balaban J connectivity index is 0.00000112. The first-order valence-electron chi connectivity index (χ1n) is 13.7. The fraction of sp³-hybridized carbons (Fsp3) is 0.364. The summed E-state index contributed by atoms with van der Waals surface area (Å²) in [5.74, 6) is -1.02. The molecule has 0 fully saturated rings. The van der Waals surface area contributed by atoms with Crippen molar-refractivity contribution in [1.82, 2.24) is 4.90 Å². The van der Waals surface area contributed by atoms with Gasteiger partial charge in [0.15, 0.2) is 5.78 Å². The molecule has 0 saturated heterocycles. The van der Waals surface area contributed by atoms with Gasteiger partial charge in [0.1, 0.15) is 5.75 Å². The van der Waals surface area contributed by atoms with Gasteiger partial charge in [-0.3, -0.25) is 19.3 Å². The Morgan fingerprint density at radius 2 is 1.32 bits per heavy atom. The zero-order valence-corrected chi connectivity index (χ0v) is 24.2. The highest BCUT2D eigenvalue weighted by molar-refractivity contribution is 6.22. The lowest BCUT2D eigenvalue weighted by Gasteiger charge is -2.17. The third-order valence-corrected chi connectivity index (χ3v) is 5.95. The molecule has 204 valence electrons. The summed E-state index contributed by atoms with van der Waals surface area (Å²) in [5, 5.41) is 9.92. The van der Waals surface area contributed by atoms with Crippen LogP contribution < -0.4 is 0 Å². The summed E-state index contributed by atoms with van der Waals surface area (Å²) < 4.78 is 0. The monoisotopic (exact) mass is 517 g/mol. The van der Waals surface area contributed by atoms with Crippen LogP contribution in [0.15, 0.2) is 66.7 Å². The second kappa shape index (κ2) is 16.2. The predicted molar refractivity (Wildman–Crippen MR) is 157 cm³/mol. The van der Waals surface area contributed by atoms with Crippen LogP contribution in [-0.4, -0.2) is 34.1 Å². The molecule has 1 N–H and O–H groups in total. The maximum atomic E-state index is 12.7. The molecular formula is C33H43NO4. The van der Waals surface area contributed by atoms with E-state index in [9.17, 15) is 19.5 Å². The first-order valence-corrected chi connectivity index (χ1v) is 13.7. The fourth-order valence-corrected chi connectivity index (χ4v) is 4.00. The molecule has 5 nitrogen and oxygen atoms in total. The topological polar surface area (TPSA) is 74.7 Å². The number of benzene rings is 3.